The lowest BCUT2D eigenvalue weighted by Gasteiger charge is -2.36. The third kappa shape index (κ3) is 3.00. The number of β-amino-alcohol motifs (C(OH)–C–C–N with tert-alkyl or cyclic N) is 1. The van der Waals surface area contributed by atoms with Crippen LogP contribution in [0.2, 0.25) is 0 Å². The monoisotopic (exact) mass is 314 g/mol. The number of carbonyl (C=O) groups excluding carboxylic acids is 1. The average molecular weight is 314 g/mol. The number of carbonyl (C=O) groups is 1. The molecule has 3 rings (SSSR count). The molecule has 114 valence electrons. The van der Waals surface area contributed by atoms with Gasteiger partial charge in [0, 0.05) is 24.2 Å². The van der Waals surface area contributed by atoms with E-state index in [1.54, 1.807) is 23.2 Å². The predicted octanol–water partition coefficient (Wildman–Crippen LogP) is 2.67. The number of amides is 1. The molecular weight excluding hydrogens is 296 g/mol. The van der Waals surface area contributed by atoms with E-state index in [2.05, 4.69) is 31.0 Å². The van der Waals surface area contributed by atoms with E-state index < -0.39 is 6.10 Å². The number of hydrogen-bond donors (Lipinski definition) is 1. The predicted molar refractivity (Wildman–Crippen MR) is 86.2 cm³/mol. The van der Waals surface area contributed by atoms with Gasteiger partial charge in [0.15, 0.2) is 0 Å². The maximum atomic E-state index is 12.5. The molecule has 0 saturated carbocycles. The summed E-state index contributed by atoms with van der Waals surface area (Å²) in [4.78, 5) is 19.5. The first-order valence-electron chi connectivity index (χ1n) is 7.22. The molecule has 1 saturated heterocycles. The second-order valence-electron chi connectivity index (χ2n) is 5.57. The molecule has 1 N–H and O–H groups in total. The number of aryl methyl sites for hydroxylation is 2. The zero-order valence-corrected chi connectivity index (χ0v) is 13.4. The van der Waals surface area contributed by atoms with Crippen LogP contribution in [0.25, 0.3) is 0 Å². The van der Waals surface area contributed by atoms with Crippen molar-refractivity contribution in [1.82, 2.24) is 9.88 Å². The highest BCUT2D eigenvalue weighted by Gasteiger charge is 2.30. The van der Waals surface area contributed by atoms with E-state index in [0.29, 0.717) is 23.7 Å². The summed E-state index contributed by atoms with van der Waals surface area (Å²) in [6, 6.07) is 9.80. The third-order valence-electron chi connectivity index (χ3n) is 3.84. The summed E-state index contributed by atoms with van der Waals surface area (Å²) in [6.45, 7) is 4.96. The molecule has 22 heavy (non-hydrogen) atoms. The number of aromatic nitrogens is 1. The first kappa shape index (κ1) is 15.1. The van der Waals surface area contributed by atoms with Crippen molar-refractivity contribution in [2.24, 2.45) is 0 Å². The first-order valence-corrected chi connectivity index (χ1v) is 8.03. The summed E-state index contributed by atoms with van der Waals surface area (Å²) in [6.07, 6.45) is 1.31. The van der Waals surface area contributed by atoms with Crippen molar-refractivity contribution in [2.75, 3.05) is 13.1 Å². The molecule has 0 unspecified atom stereocenters. The van der Waals surface area contributed by atoms with Crippen LogP contribution >= 0.6 is 11.8 Å². The number of nitrogens with zero attached hydrogens (tertiary/aromatic N) is 2. The number of benzene rings is 1. The molecule has 1 amide bonds. The van der Waals surface area contributed by atoms with Crippen molar-refractivity contribution in [2.45, 2.75) is 29.9 Å². The van der Waals surface area contributed by atoms with E-state index in [-0.39, 0.29) is 5.91 Å². The highest BCUT2D eigenvalue weighted by molar-refractivity contribution is 7.99. The van der Waals surface area contributed by atoms with Gasteiger partial charge >= 0.3 is 0 Å². The van der Waals surface area contributed by atoms with Gasteiger partial charge in [0.2, 0.25) is 0 Å². The Kier molecular flexibility index (Phi) is 4.18. The topological polar surface area (TPSA) is 53.4 Å². The lowest BCUT2D eigenvalue weighted by Crippen LogP contribution is -2.53. The molecule has 0 radical (unpaired) electrons. The number of hydrogen-bond acceptors (Lipinski definition) is 4. The van der Waals surface area contributed by atoms with E-state index in [1.807, 2.05) is 6.07 Å². The largest absolute Gasteiger partial charge is 0.389 e. The minimum Gasteiger partial charge on any atom is -0.389 e. The maximum Gasteiger partial charge on any atom is 0.256 e. The molecule has 1 fully saturated rings. The molecule has 1 aromatic heterocycles. The fourth-order valence-corrected chi connectivity index (χ4v) is 3.29. The third-order valence-corrected chi connectivity index (χ3v) is 4.85. The Labute approximate surface area is 134 Å². The molecule has 2 aromatic rings. The first-order chi connectivity index (χ1) is 10.5. The molecule has 1 aliphatic heterocycles. The van der Waals surface area contributed by atoms with E-state index in [4.69, 9.17) is 0 Å². The lowest BCUT2D eigenvalue weighted by atomic mass is 10.1. The Bertz CT molecular complexity index is 712. The van der Waals surface area contributed by atoms with E-state index in [1.165, 1.54) is 22.9 Å². The van der Waals surface area contributed by atoms with Crippen LogP contribution in [0, 0.1) is 13.8 Å². The zero-order chi connectivity index (χ0) is 15.7. The van der Waals surface area contributed by atoms with Crippen LogP contribution in [0.3, 0.4) is 0 Å². The summed E-state index contributed by atoms with van der Waals surface area (Å²) >= 11 is 1.50. The maximum absolute atomic E-state index is 12.5. The van der Waals surface area contributed by atoms with E-state index in [0.717, 1.165) is 4.90 Å². The van der Waals surface area contributed by atoms with Gasteiger partial charge in [-0.05, 0) is 49.2 Å². The quantitative estimate of drug-likeness (QED) is 0.946. The van der Waals surface area contributed by atoms with Crippen LogP contribution in [-0.2, 0) is 0 Å². The van der Waals surface area contributed by atoms with E-state index in [9.17, 15) is 9.90 Å². The van der Waals surface area contributed by atoms with Crippen LogP contribution in [0.4, 0.5) is 0 Å². The number of aliphatic hydroxyl groups is 1. The normalized spacial score (nSPS) is 14.8. The Morgan fingerprint density at radius 2 is 2.05 bits per heavy atom. The number of pyridine rings is 1. The summed E-state index contributed by atoms with van der Waals surface area (Å²) in [5.74, 6) is -0.0651. The summed E-state index contributed by atoms with van der Waals surface area (Å²) in [7, 11) is 0. The Hall–Kier alpha value is -1.85. The van der Waals surface area contributed by atoms with Crippen LogP contribution < -0.4 is 0 Å². The van der Waals surface area contributed by atoms with Gasteiger partial charge in [0.25, 0.3) is 5.91 Å². The zero-order valence-electron chi connectivity index (χ0n) is 12.6. The van der Waals surface area contributed by atoms with Crippen molar-refractivity contribution in [3.05, 3.63) is 53.2 Å². The molecule has 0 aliphatic carbocycles. The summed E-state index contributed by atoms with van der Waals surface area (Å²) < 4.78 is 0. The number of rotatable bonds is 3. The van der Waals surface area contributed by atoms with Crippen molar-refractivity contribution in [3.63, 3.8) is 0 Å². The summed E-state index contributed by atoms with van der Waals surface area (Å²) in [5.41, 5.74) is 3.06. The average Bonchev–Trinajstić information content (AvgIpc) is 2.48. The van der Waals surface area contributed by atoms with E-state index >= 15 is 0 Å². The standard InChI is InChI=1S/C17H18N2O2S/c1-11-5-6-14(8-12(11)2)22-16-15(4-3-7-18-16)17(21)19-9-13(20)10-19/h3-8,13,20H,9-10H2,1-2H3. The van der Waals surface area contributed by atoms with Crippen LogP contribution in [0.5, 0.6) is 0 Å². The number of likely N-dealkylation sites (tertiary alicyclic amines) is 1. The Balaban J connectivity index is 1.84. The molecular formula is C17H18N2O2S. The highest BCUT2D eigenvalue weighted by atomic mass is 32.2. The van der Waals surface area contributed by atoms with Gasteiger partial charge in [0.05, 0.1) is 11.7 Å². The van der Waals surface area contributed by atoms with Gasteiger partial charge in [-0.25, -0.2) is 4.98 Å². The van der Waals surface area contributed by atoms with Crippen LogP contribution in [-0.4, -0.2) is 40.1 Å². The smallest absolute Gasteiger partial charge is 0.256 e. The van der Waals surface area contributed by atoms with Crippen molar-refractivity contribution in [1.29, 1.82) is 0 Å². The van der Waals surface area contributed by atoms with Crippen molar-refractivity contribution >= 4 is 17.7 Å². The molecule has 2 heterocycles. The fraction of sp³-hybridized carbons (Fsp3) is 0.294. The lowest BCUT2D eigenvalue weighted by molar-refractivity contribution is 0.00560. The fourth-order valence-electron chi connectivity index (χ4n) is 2.32. The van der Waals surface area contributed by atoms with Crippen LogP contribution in [0.15, 0.2) is 46.5 Å². The molecule has 4 nitrogen and oxygen atoms in total. The minimum atomic E-state index is -0.392. The highest BCUT2D eigenvalue weighted by Crippen LogP contribution is 2.31. The van der Waals surface area contributed by atoms with Gasteiger partial charge < -0.3 is 10.0 Å². The molecule has 0 atom stereocenters. The van der Waals surface area contributed by atoms with Gasteiger partial charge in [0.1, 0.15) is 5.03 Å². The second-order valence-corrected chi connectivity index (χ2v) is 6.63. The summed E-state index contributed by atoms with van der Waals surface area (Å²) in [5, 5.41) is 10.1. The number of aliphatic hydroxyl groups excluding tert-OH is 1. The molecule has 1 aliphatic rings. The minimum absolute atomic E-state index is 0.0651. The second kappa shape index (κ2) is 6.10. The van der Waals surface area contributed by atoms with Gasteiger partial charge in [-0.15, -0.1) is 0 Å². The molecule has 0 spiro atoms. The molecule has 5 heteroatoms. The van der Waals surface area contributed by atoms with Crippen molar-refractivity contribution in [3.8, 4) is 0 Å². The molecule has 0 bridgehead atoms. The van der Waals surface area contributed by atoms with Crippen LogP contribution in [0.1, 0.15) is 21.5 Å². The van der Waals surface area contributed by atoms with Crippen molar-refractivity contribution < 1.29 is 9.90 Å². The Morgan fingerprint density at radius 1 is 1.27 bits per heavy atom. The van der Waals surface area contributed by atoms with Gasteiger partial charge in [-0.2, -0.15) is 0 Å². The van der Waals surface area contributed by atoms with Gasteiger partial charge in [-0.3, -0.25) is 4.79 Å². The Morgan fingerprint density at radius 3 is 2.73 bits per heavy atom. The molecule has 1 aromatic carbocycles. The van der Waals surface area contributed by atoms with Gasteiger partial charge in [-0.1, -0.05) is 17.8 Å². The SMILES string of the molecule is Cc1ccc(Sc2ncccc2C(=O)N2CC(O)C2)cc1C.